The van der Waals surface area contributed by atoms with Crippen LogP contribution in [0.4, 0.5) is 4.39 Å². The predicted molar refractivity (Wildman–Crippen MR) is 65.0 cm³/mol. The second kappa shape index (κ2) is 7.60. The molecular weight excluding hydrogens is 174 g/mol. The zero-order chi connectivity index (χ0) is 11.0. The summed E-state index contributed by atoms with van der Waals surface area (Å²) in [6, 6.07) is 0. The third-order valence-corrected chi connectivity index (χ3v) is 2.20. The molecule has 0 bridgehead atoms. The van der Waals surface area contributed by atoms with Crippen molar-refractivity contribution in [1.29, 1.82) is 0 Å². The number of hydrogen-bond acceptors (Lipinski definition) is 0. The Balaban J connectivity index is 4.31. The van der Waals surface area contributed by atoms with Crippen molar-refractivity contribution >= 4 is 7.85 Å². The van der Waals surface area contributed by atoms with Crippen LogP contribution in [-0.2, 0) is 0 Å². The molecule has 0 aromatic heterocycles. The molecule has 0 aliphatic heterocycles. The zero-order valence-corrected chi connectivity index (χ0v) is 9.52. The molecule has 0 aliphatic carbocycles. The first-order valence-corrected chi connectivity index (χ1v) is 5.18. The van der Waals surface area contributed by atoms with Crippen molar-refractivity contribution in [2.45, 2.75) is 26.7 Å². The molecule has 0 N–H and O–H groups in total. The Morgan fingerprint density at radius 1 is 1.50 bits per heavy atom. The maximum Gasteiger partial charge on any atom is 0.138 e. The average molecular weight is 194 g/mol. The highest BCUT2D eigenvalue weighted by molar-refractivity contribution is 6.23. The van der Waals surface area contributed by atoms with Crippen molar-refractivity contribution in [2.24, 2.45) is 5.92 Å². The van der Waals surface area contributed by atoms with Gasteiger partial charge in [-0.15, -0.1) is 6.58 Å². The maximum absolute atomic E-state index is 12.2. The van der Waals surface area contributed by atoms with Crippen molar-refractivity contribution in [3.63, 3.8) is 0 Å². The third-order valence-electron chi connectivity index (χ3n) is 2.20. The molecule has 78 valence electrons. The van der Waals surface area contributed by atoms with Crippen LogP contribution in [-0.4, -0.2) is 14.5 Å². The van der Waals surface area contributed by atoms with E-state index in [4.69, 9.17) is 0 Å². The quantitative estimate of drug-likeness (QED) is 0.450. The summed E-state index contributed by atoms with van der Waals surface area (Å²) in [5, 5.41) is 0. The first-order chi connectivity index (χ1) is 6.60. The van der Waals surface area contributed by atoms with Gasteiger partial charge in [0.2, 0.25) is 0 Å². The van der Waals surface area contributed by atoms with Gasteiger partial charge in [0, 0.05) is 0 Å². The lowest BCUT2D eigenvalue weighted by Crippen LogP contribution is -1.94. The zero-order valence-electron chi connectivity index (χ0n) is 9.52. The van der Waals surface area contributed by atoms with Gasteiger partial charge in [-0.3, -0.25) is 0 Å². The SMILES string of the molecule is BC(=C)/C=C\C(=C/CF)CC(C)CC. The van der Waals surface area contributed by atoms with Gasteiger partial charge in [0.25, 0.3) is 0 Å². The number of allylic oxidation sites excluding steroid dienone is 5. The average Bonchev–Trinajstić information content (AvgIpc) is 2.14. The van der Waals surface area contributed by atoms with E-state index in [0.29, 0.717) is 5.92 Å². The van der Waals surface area contributed by atoms with Crippen LogP contribution in [0.3, 0.4) is 0 Å². The maximum atomic E-state index is 12.2. The summed E-state index contributed by atoms with van der Waals surface area (Å²) in [5.41, 5.74) is 2.07. The molecule has 0 saturated carbocycles. The lowest BCUT2D eigenvalue weighted by atomic mass is 9.94. The van der Waals surface area contributed by atoms with Crippen LogP contribution < -0.4 is 0 Å². The van der Waals surface area contributed by atoms with Crippen LogP contribution in [0.5, 0.6) is 0 Å². The Morgan fingerprint density at radius 2 is 2.14 bits per heavy atom. The van der Waals surface area contributed by atoms with Gasteiger partial charge in [-0.25, -0.2) is 4.39 Å². The molecule has 0 amide bonds. The molecule has 0 aromatic carbocycles. The van der Waals surface area contributed by atoms with Gasteiger partial charge in [0.1, 0.15) is 14.5 Å². The van der Waals surface area contributed by atoms with Crippen LogP contribution in [0.1, 0.15) is 26.7 Å². The van der Waals surface area contributed by atoms with Crippen molar-refractivity contribution in [2.75, 3.05) is 6.67 Å². The summed E-state index contributed by atoms with van der Waals surface area (Å²) in [6.45, 7) is 7.73. The minimum Gasteiger partial charge on any atom is -0.247 e. The van der Waals surface area contributed by atoms with Crippen molar-refractivity contribution in [1.82, 2.24) is 0 Å². The first-order valence-electron chi connectivity index (χ1n) is 5.18. The first kappa shape index (κ1) is 13.2. The van der Waals surface area contributed by atoms with Crippen LogP contribution >= 0.6 is 0 Å². The topological polar surface area (TPSA) is 0 Å². The Kier molecular flexibility index (Phi) is 7.18. The minimum absolute atomic E-state index is 0.383. The molecule has 0 rings (SSSR count). The van der Waals surface area contributed by atoms with Gasteiger partial charge in [0.05, 0.1) is 0 Å². The molecule has 0 aliphatic rings. The predicted octanol–water partition coefficient (Wildman–Crippen LogP) is 3.02. The molecular formula is C12H20BF. The molecule has 0 aromatic rings. The largest absolute Gasteiger partial charge is 0.247 e. The van der Waals surface area contributed by atoms with E-state index >= 15 is 0 Å². The standard InChI is InChI=1S/C12H20BF/c1-4-10(2)9-12(7-8-14)6-5-11(3)13/h5-7,10H,3-4,8-9,13H2,1-2H3/b6-5-,12-7+. The summed E-state index contributed by atoms with van der Waals surface area (Å²) in [5.74, 6) is 0.613. The van der Waals surface area contributed by atoms with Crippen LogP contribution in [0.2, 0.25) is 0 Å². The molecule has 0 saturated heterocycles. The monoisotopic (exact) mass is 194 g/mol. The summed E-state index contributed by atoms with van der Waals surface area (Å²) in [4.78, 5) is 0. The van der Waals surface area contributed by atoms with Crippen molar-refractivity contribution in [3.8, 4) is 0 Å². The normalized spacial score (nSPS) is 14.6. The second-order valence-corrected chi connectivity index (χ2v) is 3.83. The molecule has 0 heterocycles. The highest BCUT2D eigenvalue weighted by Crippen LogP contribution is 2.15. The molecule has 0 radical (unpaired) electrons. The third kappa shape index (κ3) is 6.70. The van der Waals surface area contributed by atoms with Gasteiger partial charge in [-0.2, -0.15) is 0 Å². The lowest BCUT2D eigenvalue weighted by Gasteiger charge is -2.08. The van der Waals surface area contributed by atoms with E-state index in [1.807, 2.05) is 20.0 Å². The number of alkyl halides is 1. The number of hydrogen-bond donors (Lipinski definition) is 0. The Morgan fingerprint density at radius 3 is 2.57 bits per heavy atom. The molecule has 0 spiro atoms. The van der Waals surface area contributed by atoms with Crippen molar-refractivity contribution in [3.05, 3.63) is 35.9 Å². The fourth-order valence-electron chi connectivity index (χ4n) is 1.11. The van der Waals surface area contributed by atoms with E-state index in [1.54, 1.807) is 6.08 Å². The van der Waals surface area contributed by atoms with Gasteiger partial charge in [-0.05, 0) is 17.9 Å². The minimum atomic E-state index is -0.383. The molecule has 1 atom stereocenters. The van der Waals surface area contributed by atoms with E-state index in [9.17, 15) is 4.39 Å². The summed E-state index contributed by atoms with van der Waals surface area (Å²) in [7, 11) is 1.94. The van der Waals surface area contributed by atoms with Gasteiger partial charge in [-0.1, -0.05) is 44.0 Å². The number of halogens is 1. The van der Waals surface area contributed by atoms with E-state index in [2.05, 4.69) is 20.4 Å². The fourth-order valence-corrected chi connectivity index (χ4v) is 1.11. The number of rotatable bonds is 6. The molecule has 0 nitrogen and oxygen atoms in total. The summed E-state index contributed by atoms with van der Waals surface area (Å²) in [6.07, 6.45) is 7.62. The highest BCUT2D eigenvalue weighted by atomic mass is 19.1. The van der Waals surface area contributed by atoms with E-state index in [1.165, 1.54) is 0 Å². The van der Waals surface area contributed by atoms with Crippen molar-refractivity contribution < 1.29 is 4.39 Å². The van der Waals surface area contributed by atoms with E-state index in [-0.39, 0.29) is 6.67 Å². The molecule has 1 unspecified atom stereocenters. The van der Waals surface area contributed by atoms with E-state index < -0.39 is 0 Å². The highest BCUT2D eigenvalue weighted by Gasteiger charge is 2.00. The summed E-state index contributed by atoms with van der Waals surface area (Å²) >= 11 is 0. The van der Waals surface area contributed by atoms with Gasteiger partial charge >= 0.3 is 0 Å². The Labute approximate surface area is 88.0 Å². The Bertz CT molecular complexity index is 228. The molecule has 14 heavy (non-hydrogen) atoms. The molecule has 0 fully saturated rings. The van der Waals surface area contributed by atoms with Gasteiger partial charge < -0.3 is 0 Å². The van der Waals surface area contributed by atoms with Crippen LogP contribution in [0.15, 0.2) is 35.9 Å². The van der Waals surface area contributed by atoms with E-state index in [0.717, 1.165) is 23.9 Å². The fraction of sp³-hybridized carbons (Fsp3) is 0.500. The lowest BCUT2D eigenvalue weighted by molar-refractivity contribution is 0.542. The smallest absolute Gasteiger partial charge is 0.138 e. The molecule has 2 heteroatoms. The summed E-state index contributed by atoms with van der Waals surface area (Å²) < 4.78 is 12.2. The second-order valence-electron chi connectivity index (χ2n) is 3.83. The van der Waals surface area contributed by atoms with Gasteiger partial charge in [0.15, 0.2) is 0 Å². The van der Waals surface area contributed by atoms with Crippen LogP contribution in [0, 0.1) is 5.92 Å². The Hall–Kier alpha value is -0.785. The van der Waals surface area contributed by atoms with Crippen LogP contribution in [0.25, 0.3) is 0 Å².